The van der Waals surface area contributed by atoms with E-state index in [0.29, 0.717) is 30.3 Å². The van der Waals surface area contributed by atoms with Gasteiger partial charge in [0.2, 0.25) is 5.91 Å². The van der Waals surface area contributed by atoms with Crippen molar-refractivity contribution in [3.05, 3.63) is 34.2 Å². The van der Waals surface area contributed by atoms with E-state index in [9.17, 15) is 9.59 Å². The largest absolute Gasteiger partial charge is 0.376 e. The SMILES string of the molecule is O=C(CCCCCCCCCC[C@@H]1COCCO1)N1C[C@@H]2C[C@H](C1)c1cccc(=O)n1C2. The molecule has 0 unspecified atom stereocenters. The second kappa shape index (κ2) is 12.0. The van der Waals surface area contributed by atoms with Gasteiger partial charge < -0.3 is 18.9 Å². The molecule has 3 atom stereocenters. The third-order valence-electron chi connectivity index (χ3n) is 7.38. The molecular formula is C26H40N2O4. The molecule has 2 fully saturated rings. The molecule has 0 aromatic carbocycles. The number of piperidine rings is 1. The monoisotopic (exact) mass is 444 g/mol. The molecule has 0 saturated carbocycles. The molecule has 0 radical (unpaired) electrons. The van der Waals surface area contributed by atoms with Gasteiger partial charge in [-0.1, -0.05) is 51.0 Å². The molecule has 3 aliphatic heterocycles. The highest BCUT2D eigenvalue weighted by atomic mass is 16.6. The summed E-state index contributed by atoms with van der Waals surface area (Å²) in [6, 6.07) is 5.57. The minimum atomic E-state index is 0.102. The van der Waals surface area contributed by atoms with Crippen LogP contribution < -0.4 is 5.56 Å². The van der Waals surface area contributed by atoms with Crippen molar-refractivity contribution in [2.75, 3.05) is 32.9 Å². The van der Waals surface area contributed by atoms with Crippen LogP contribution in [0.1, 0.15) is 82.2 Å². The van der Waals surface area contributed by atoms with Gasteiger partial charge in [-0.3, -0.25) is 9.59 Å². The van der Waals surface area contributed by atoms with Crippen LogP contribution in [-0.4, -0.2) is 54.4 Å². The van der Waals surface area contributed by atoms with Gasteiger partial charge in [-0.05, 0) is 31.2 Å². The zero-order valence-corrected chi connectivity index (χ0v) is 19.5. The number of hydrogen-bond donors (Lipinski definition) is 0. The first-order valence-corrected chi connectivity index (χ1v) is 12.9. The molecule has 3 aliphatic rings. The molecule has 2 saturated heterocycles. The highest BCUT2D eigenvalue weighted by molar-refractivity contribution is 5.76. The van der Waals surface area contributed by atoms with E-state index in [1.54, 1.807) is 6.07 Å². The van der Waals surface area contributed by atoms with Gasteiger partial charge in [0.25, 0.3) is 5.56 Å². The van der Waals surface area contributed by atoms with Gasteiger partial charge in [0, 0.05) is 43.7 Å². The molecule has 32 heavy (non-hydrogen) atoms. The maximum Gasteiger partial charge on any atom is 0.250 e. The third-order valence-corrected chi connectivity index (χ3v) is 7.38. The maximum absolute atomic E-state index is 12.8. The molecule has 0 N–H and O–H groups in total. The van der Waals surface area contributed by atoms with Crippen LogP contribution in [-0.2, 0) is 20.8 Å². The molecule has 1 aromatic rings. The van der Waals surface area contributed by atoms with Crippen molar-refractivity contribution in [2.45, 2.75) is 89.2 Å². The summed E-state index contributed by atoms with van der Waals surface area (Å²) < 4.78 is 13.1. The van der Waals surface area contributed by atoms with E-state index in [1.165, 1.54) is 38.5 Å². The van der Waals surface area contributed by atoms with Gasteiger partial charge in [-0.2, -0.15) is 0 Å². The van der Waals surface area contributed by atoms with Gasteiger partial charge in [0.15, 0.2) is 0 Å². The van der Waals surface area contributed by atoms with Crippen LogP contribution in [0.4, 0.5) is 0 Å². The number of unbranched alkanes of at least 4 members (excludes halogenated alkanes) is 7. The molecular weight excluding hydrogens is 404 g/mol. The number of amides is 1. The zero-order chi connectivity index (χ0) is 22.2. The Morgan fingerprint density at radius 1 is 0.938 bits per heavy atom. The second-order valence-electron chi connectivity index (χ2n) is 9.93. The van der Waals surface area contributed by atoms with Gasteiger partial charge in [-0.25, -0.2) is 0 Å². The number of carbonyl (C=O) groups is 1. The Morgan fingerprint density at radius 2 is 1.72 bits per heavy atom. The van der Waals surface area contributed by atoms with Gasteiger partial charge in [-0.15, -0.1) is 0 Å². The number of fused-ring (bicyclic) bond motifs is 4. The van der Waals surface area contributed by atoms with E-state index in [4.69, 9.17) is 9.47 Å². The number of rotatable bonds is 11. The van der Waals surface area contributed by atoms with E-state index < -0.39 is 0 Å². The number of pyridine rings is 1. The predicted octanol–water partition coefficient (Wildman–Crippen LogP) is 4.11. The first-order chi connectivity index (χ1) is 15.7. The Hall–Kier alpha value is -1.66. The lowest BCUT2D eigenvalue weighted by molar-refractivity contribution is -0.134. The molecule has 1 amide bonds. The van der Waals surface area contributed by atoms with Crippen molar-refractivity contribution in [3.8, 4) is 0 Å². The molecule has 6 nitrogen and oxygen atoms in total. The zero-order valence-electron chi connectivity index (χ0n) is 19.5. The van der Waals surface area contributed by atoms with Crippen molar-refractivity contribution in [2.24, 2.45) is 5.92 Å². The first-order valence-electron chi connectivity index (χ1n) is 12.9. The Kier molecular flexibility index (Phi) is 8.80. The van der Waals surface area contributed by atoms with Gasteiger partial charge in [0.05, 0.1) is 25.9 Å². The van der Waals surface area contributed by atoms with Gasteiger partial charge >= 0.3 is 0 Å². The molecule has 178 valence electrons. The molecule has 4 heterocycles. The summed E-state index contributed by atoms with van der Waals surface area (Å²) in [7, 11) is 0. The van der Waals surface area contributed by atoms with Crippen LogP contribution in [0.2, 0.25) is 0 Å². The van der Waals surface area contributed by atoms with Crippen LogP contribution in [0, 0.1) is 5.92 Å². The fourth-order valence-corrected chi connectivity index (χ4v) is 5.67. The molecule has 1 aromatic heterocycles. The van der Waals surface area contributed by atoms with Crippen molar-refractivity contribution >= 4 is 5.91 Å². The number of nitrogens with zero attached hydrogens (tertiary/aromatic N) is 2. The number of ether oxygens (including phenoxy) is 2. The lowest BCUT2D eigenvalue weighted by Gasteiger charge is -2.42. The highest BCUT2D eigenvalue weighted by Crippen LogP contribution is 2.35. The summed E-state index contributed by atoms with van der Waals surface area (Å²) in [5, 5.41) is 0. The lowest BCUT2D eigenvalue weighted by Crippen LogP contribution is -2.49. The summed E-state index contributed by atoms with van der Waals surface area (Å²) in [5.74, 6) is 1.04. The van der Waals surface area contributed by atoms with Crippen molar-refractivity contribution in [1.29, 1.82) is 0 Å². The molecule has 0 spiro atoms. The van der Waals surface area contributed by atoms with Gasteiger partial charge in [0.1, 0.15) is 0 Å². The summed E-state index contributed by atoms with van der Waals surface area (Å²) in [5.41, 5.74) is 1.22. The van der Waals surface area contributed by atoms with Crippen molar-refractivity contribution < 1.29 is 14.3 Å². The van der Waals surface area contributed by atoms with Crippen LogP contribution in [0.25, 0.3) is 0 Å². The maximum atomic E-state index is 12.8. The van der Waals surface area contributed by atoms with Crippen LogP contribution >= 0.6 is 0 Å². The number of aromatic nitrogens is 1. The van der Waals surface area contributed by atoms with E-state index in [1.807, 2.05) is 10.6 Å². The van der Waals surface area contributed by atoms with E-state index in [-0.39, 0.29) is 5.56 Å². The predicted molar refractivity (Wildman–Crippen MR) is 125 cm³/mol. The Labute approximate surface area is 192 Å². The Bertz CT molecular complexity index is 786. The summed E-state index contributed by atoms with van der Waals surface area (Å²) in [6.07, 6.45) is 13.0. The summed E-state index contributed by atoms with van der Waals surface area (Å²) in [4.78, 5) is 27.0. The topological polar surface area (TPSA) is 60.8 Å². The molecule has 0 aliphatic carbocycles. The average Bonchev–Trinajstić information content (AvgIpc) is 2.81. The summed E-state index contributed by atoms with van der Waals surface area (Å²) >= 11 is 0. The minimum Gasteiger partial charge on any atom is -0.376 e. The number of likely N-dealkylation sites (tertiary alicyclic amines) is 1. The number of hydrogen-bond acceptors (Lipinski definition) is 4. The fraction of sp³-hybridized carbons (Fsp3) is 0.769. The second-order valence-corrected chi connectivity index (χ2v) is 9.93. The quantitative estimate of drug-likeness (QED) is 0.482. The van der Waals surface area contributed by atoms with E-state index >= 15 is 0 Å². The highest BCUT2D eigenvalue weighted by Gasteiger charge is 2.35. The average molecular weight is 445 g/mol. The lowest BCUT2D eigenvalue weighted by atomic mass is 9.83. The molecule has 2 bridgehead atoms. The van der Waals surface area contributed by atoms with Crippen LogP contribution in [0.15, 0.2) is 23.0 Å². The van der Waals surface area contributed by atoms with E-state index in [2.05, 4.69) is 11.0 Å². The van der Waals surface area contributed by atoms with Crippen molar-refractivity contribution in [3.63, 3.8) is 0 Å². The van der Waals surface area contributed by atoms with Crippen molar-refractivity contribution in [1.82, 2.24) is 9.47 Å². The van der Waals surface area contributed by atoms with E-state index in [0.717, 1.165) is 70.8 Å². The first kappa shape index (κ1) is 23.5. The standard InChI is InChI=1S/C26H40N2O4/c29-25(12-8-6-4-2-1-3-5-7-10-23-20-31-14-15-32-23)27-17-21-16-22(19-27)24-11-9-13-26(30)28(24)18-21/h9,11,13,21-23H,1-8,10,12,14-20H2/t21-,22+,23+/m0/s1. The normalized spacial score (nSPS) is 24.9. The summed E-state index contributed by atoms with van der Waals surface area (Å²) in [6.45, 7) is 4.62. The Balaban J connectivity index is 1.05. The van der Waals surface area contributed by atoms with Crippen LogP contribution in [0.3, 0.4) is 0 Å². The third kappa shape index (κ3) is 6.44. The molecule has 4 rings (SSSR count). The molecule has 6 heteroatoms. The smallest absolute Gasteiger partial charge is 0.250 e. The number of carbonyl (C=O) groups excluding carboxylic acids is 1. The fourth-order valence-electron chi connectivity index (χ4n) is 5.67. The van der Waals surface area contributed by atoms with Crippen LogP contribution in [0.5, 0.6) is 0 Å². The minimum absolute atomic E-state index is 0.102. The Morgan fingerprint density at radius 3 is 2.50 bits per heavy atom.